The Morgan fingerprint density at radius 3 is 2.76 bits per heavy atom. The molecule has 0 unspecified atom stereocenters. The van der Waals surface area contributed by atoms with Gasteiger partial charge in [-0.05, 0) is 27.7 Å². The summed E-state index contributed by atoms with van der Waals surface area (Å²) in [6, 6.07) is 0. The summed E-state index contributed by atoms with van der Waals surface area (Å²) in [7, 11) is 0. The third-order valence-corrected chi connectivity index (χ3v) is 1.87. The number of ether oxygens (including phenoxy) is 1. The van der Waals surface area contributed by atoms with E-state index in [9.17, 15) is 4.79 Å². The summed E-state index contributed by atoms with van der Waals surface area (Å²) in [6.45, 7) is 8.49. The smallest absolute Gasteiger partial charge is 0.307 e. The monoisotopic (exact) mass is 240 g/mol. The highest BCUT2D eigenvalue weighted by Gasteiger charge is 2.15. The maximum atomic E-state index is 11.4. The van der Waals surface area contributed by atoms with Gasteiger partial charge in [-0.25, -0.2) is 4.98 Å². The Bertz CT molecular complexity index is 366. The number of oxazole rings is 1. The highest BCUT2D eigenvalue weighted by atomic mass is 16.6. The van der Waals surface area contributed by atoms with Gasteiger partial charge in [0.15, 0.2) is 0 Å². The minimum absolute atomic E-state index is 0.200. The molecule has 1 heterocycles. The van der Waals surface area contributed by atoms with Crippen molar-refractivity contribution in [1.82, 2.24) is 10.3 Å². The first-order valence-electron chi connectivity index (χ1n) is 5.71. The van der Waals surface area contributed by atoms with Crippen molar-refractivity contribution >= 4 is 5.97 Å². The number of aromatic nitrogens is 1. The molecule has 0 aliphatic heterocycles. The first-order valence-corrected chi connectivity index (χ1v) is 5.71. The molecule has 0 amide bonds. The molecule has 0 spiro atoms. The minimum Gasteiger partial charge on any atom is -0.460 e. The van der Waals surface area contributed by atoms with Crippen LogP contribution < -0.4 is 5.32 Å². The van der Waals surface area contributed by atoms with Gasteiger partial charge in [-0.2, -0.15) is 0 Å². The van der Waals surface area contributed by atoms with Crippen molar-refractivity contribution in [2.24, 2.45) is 0 Å². The standard InChI is InChI=1S/C12H20N2O3/c1-9-7-14-10(16-9)8-13-6-5-11(15)17-12(2,3)4/h7,13H,5-6,8H2,1-4H3. The lowest BCUT2D eigenvalue weighted by molar-refractivity contribution is -0.154. The Hall–Kier alpha value is -1.36. The molecule has 0 bridgehead atoms. The molecule has 0 fully saturated rings. The predicted octanol–water partition coefficient (Wildman–Crippen LogP) is 1.80. The lowest BCUT2D eigenvalue weighted by Crippen LogP contribution is -2.26. The Balaban J connectivity index is 2.14. The summed E-state index contributed by atoms with van der Waals surface area (Å²) in [5.41, 5.74) is -0.420. The second kappa shape index (κ2) is 5.82. The second-order valence-corrected chi connectivity index (χ2v) is 4.88. The van der Waals surface area contributed by atoms with E-state index in [2.05, 4.69) is 10.3 Å². The van der Waals surface area contributed by atoms with Crippen LogP contribution >= 0.6 is 0 Å². The molecule has 17 heavy (non-hydrogen) atoms. The lowest BCUT2D eigenvalue weighted by atomic mass is 10.2. The molecule has 0 aliphatic rings. The van der Waals surface area contributed by atoms with Crippen LogP contribution in [-0.2, 0) is 16.1 Å². The number of rotatable bonds is 5. The Morgan fingerprint density at radius 1 is 1.53 bits per heavy atom. The van der Waals surface area contributed by atoms with E-state index in [1.165, 1.54) is 0 Å². The second-order valence-electron chi connectivity index (χ2n) is 4.88. The fourth-order valence-electron chi connectivity index (χ4n) is 1.26. The molecular weight excluding hydrogens is 220 g/mol. The molecule has 1 aromatic rings. The van der Waals surface area contributed by atoms with Crippen LogP contribution in [-0.4, -0.2) is 23.1 Å². The van der Waals surface area contributed by atoms with E-state index < -0.39 is 5.60 Å². The molecule has 1 aromatic heterocycles. The van der Waals surface area contributed by atoms with Crippen LogP contribution in [0.25, 0.3) is 0 Å². The Labute approximate surface area is 102 Å². The molecule has 1 rings (SSSR count). The molecule has 0 aliphatic carbocycles. The number of hydrogen-bond donors (Lipinski definition) is 1. The SMILES string of the molecule is Cc1cnc(CNCCC(=O)OC(C)(C)C)o1. The maximum Gasteiger partial charge on any atom is 0.307 e. The van der Waals surface area contributed by atoms with Crippen molar-refractivity contribution in [2.75, 3.05) is 6.54 Å². The van der Waals surface area contributed by atoms with Crippen LogP contribution in [0.5, 0.6) is 0 Å². The zero-order valence-electron chi connectivity index (χ0n) is 10.9. The van der Waals surface area contributed by atoms with Gasteiger partial charge >= 0.3 is 5.97 Å². The first-order chi connectivity index (χ1) is 7.87. The molecule has 0 radical (unpaired) electrons. The van der Waals surface area contributed by atoms with Crippen LogP contribution in [0.1, 0.15) is 38.8 Å². The number of carbonyl (C=O) groups excluding carboxylic acids is 1. The third-order valence-electron chi connectivity index (χ3n) is 1.87. The van der Waals surface area contributed by atoms with E-state index in [4.69, 9.17) is 9.15 Å². The highest BCUT2D eigenvalue weighted by molar-refractivity contribution is 5.70. The van der Waals surface area contributed by atoms with E-state index in [0.29, 0.717) is 25.4 Å². The van der Waals surface area contributed by atoms with E-state index in [0.717, 1.165) is 5.76 Å². The summed E-state index contributed by atoms with van der Waals surface area (Å²) in [6.07, 6.45) is 2.02. The van der Waals surface area contributed by atoms with Crippen LogP contribution in [0.2, 0.25) is 0 Å². The average molecular weight is 240 g/mol. The van der Waals surface area contributed by atoms with Crippen molar-refractivity contribution in [3.8, 4) is 0 Å². The number of nitrogens with zero attached hydrogens (tertiary/aromatic N) is 1. The van der Waals surface area contributed by atoms with Gasteiger partial charge in [-0.15, -0.1) is 0 Å². The number of esters is 1. The Kier molecular flexibility index (Phi) is 4.69. The zero-order chi connectivity index (χ0) is 12.9. The molecule has 0 atom stereocenters. The summed E-state index contributed by atoms with van der Waals surface area (Å²) in [5, 5.41) is 3.07. The van der Waals surface area contributed by atoms with E-state index in [-0.39, 0.29) is 5.97 Å². The first kappa shape index (κ1) is 13.7. The summed E-state index contributed by atoms with van der Waals surface area (Å²) >= 11 is 0. The average Bonchev–Trinajstić information content (AvgIpc) is 2.56. The molecule has 96 valence electrons. The summed E-state index contributed by atoms with van der Waals surface area (Å²) in [5.74, 6) is 1.22. The highest BCUT2D eigenvalue weighted by Crippen LogP contribution is 2.07. The van der Waals surface area contributed by atoms with Gasteiger partial charge < -0.3 is 14.5 Å². The van der Waals surface area contributed by atoms with Crippen LogP contribution in [0, 0.1) is 6.92 Å². The van der Waals surface area contributed by atoms with Gasteiger partial charge in [0.2, 0.25) is 5.89 Å². The van der Waals surface area contributed by atoms with Gasteiger partial charge in [0.05, 0.1) is 19.2 Å². The predicted molar refractivity (Wildman–Crippen MR) is 63.4 cm³/mol. The third kappa shape index (κ3) is 6.06. The molecule has 5 heteroatoms. The van der Waals surface area contributed by atoms with E-state index >= 15 is 0 Å². The minimum atomic E-state index is -0.420. The normalized spacial score (nSPS) is 11.5. The fraction of sp³-hybridized carbons (Fsp3) is 0.667. The number of hydrogen-bond acceptors (Lipinski definition) is 5. The molecule has 5 nitrogen and oxygen atoms in total. The maximum absolute atomic E-state index is 11.4. The molecule has 0 aromatic carbocycles. The molecule has 0 saturated heterocycles. The van der Waals surface area contributed by atoms with E-state index in [1.807, 2.05) is 27.7 Å². The number of nitrogens with one attached hydrogen (secondary N) is 1. The largest absolute Gasteiger partial charge is 0.460 e. The van der Waals surface area contributed by atoms with Gasteiger partial charge in [0, 0.05) is 6.54 Å². The quantitative estimate of drug-likeness (QED) is 0.628. The van der Waals surface area contributed by atoms with Crippen LogP contribution in [0.4, 0.5) is 0 Å². The molecule has 0 saturated carbocycles. The zero-order valence-corrected chi connectivity index (χ0v) is 10.9. The van der Waals surface area contributed by atoms with Gasteiger partial charge in [0.1, 0.15) is 11.4 Å². The van der Waals surface area contributed by atoms with Crippen molar-refractivity contribution in [3.05, 3.63) is 17.8 Å². The van der Waals surface area contributed by atoms with Crippen molar-refractivity contribution in [3.63, 3.8) is 0 Å². The number of aryl methyl sites for hydroxylation is 1. The van der Waals surface area contributed by atoms with Gasteiger partial charge in [-0.1, -0.05) is 0 Å². The summed E-state index contributed by atoms with van der Waals surface area (Å²) in [4.78, 5) is 15.4. The van der Waals surface area contributed by atoms with E-state index in [1.54, 1.807) is 6.20 Å². The van der Waals surface area contributed by atoms with Crippen molar-refractivity contribution in [1.29, 1.82) is 0 Å². The van der Waals surface area contributed by atoms with Crippen molar-refractivity contribution in [2.45, 2.75) is 46.3 Å². The van der Waals surface area contributed by atoms with Gasteiger partial charge in [0.25, 0.3) is 0 Å². The van der Waals surface area contributed by atoms with Crippen LogP contribution in [0.15, 0.2) is 10.6 Å². The van der Waals surface area contributed by atoms with Gasteiger partial charge in [-0.3, -0.25) is 4.79 Å². The fourth-order valence-corrected chi connectivity index (χ4v) is 1.26. The van der Waals surface area contributed by atoms with Crippen molar-refractivity contribution < 1.29 is 13.9 Å². The van der Waals surface area contributed by atoms with Crippen LogP contribution in [0.3, 0.4) is 0 Å². The number of carbonyl (C=O) groups is 1. The molecule has 1 N–H and O–H groups in total. The lowest BCUT2D eigenvalue weighted by Gasteiger charge is -2.19. The topological polar surface area (TPSA) is 64.4 Å². The summed E-state index contributed by atoms with van der Waals surface area (Å²) < 4.78 is 10.5. The Morgan fingerprint density at radius 2 is 2.24 bits per heavy atom. The molecular formula is C12H20N2O3.